The Hall–Kier alpha value is -2.13. The summed E-state index contributed by atoms with van der Waals surface area (Å²) in [5.74, 6) is -1.41. The fourth-order valence-corrected chi connectivity index (χ4v) is 3.02. The van der Waals surface area contributed by atoms with Gasteiger partial charge in [0.1, 0.15) is 12.3 Å². The van der Waals surface area contributed by atoms with Crippen LogP contribution in [-0.4, -0.2) is 66.7 Å². The van der Waals surface area contributed by atoms with E-state index < -0.39 is 17.9 Å². The molecule has 0 spiro atoms. The second-order valence-corrected chi connectivity index (χ2v) is 6.31. The average Bonchev–Trinajstić information content (AvgIpc) is 2.57. The van der Waals surface area contributed by atoms with Crippen LogP contribution in [0.15, 0.2) is 22.7 Å². The zero-order chi connectivity index (χ0) is 17.3. The summed E-state index contributed by atoms with van der Waals surface area (Å²) in [6, 6.07) is 4.10. The summed E-state index contributed by atoms with van der Waals surface area (Å²) >= 11 is 3.32. The standard InChI is InChI=1S/C15H15BrN2O6/c16-9-1-2-10-12(5-9)24-8-14(20)18(10)6-13(19)17-3-4-23-7-11(17)15(21)22/h1-2,5,11H,3-4,6-8H2,(H,21,22)/t11-/m1/s1. The lowest BCUT2D eigenvalue weighted by Gasteiger charge is -2.35. The van der Waals surface area contributed by atoms with Gasteiger partial charge in [0.05, 0.1) is 18.9 Å². The summed E-state index contributed by atoms with van der Waals surface area (Å²) in [5, 5.41) is 9.22. The van der Waals surface area contributed by atoms with Gasteiger partial charge in [-0.2, -0.15) is 0 Å². The molecule has 0 saturated carbocycles. The lowest BCUT2D eigenvalue weighted by molar-refractivity contribution is -0.157. The molecule has 1 atom stereocenters. The molecule has 128 valence electrons. The van der Waals surface area contributed by atoms with E-state index in [9.17, 15) is 19.5 Å². The Morgan fingerprint density at radius 2 is 2.17 bits per heavy atom. The molecule has 0 aromatic heterocycles. The maximum absolute atomic E-state index is 12.6. The minimum absolute atomic E-state index is 0.0539. The number of aliphatic carboxylic acids is 1. The van der Waals surface area contributed by atoms with Crippen LogP contribution in [0.2, 0.25) is 0 Å². The van der Waals surface area contributed by atoms with Gasteiger partial charge in [-0.1, -0.05) is 15.9 Å². The smallest absolute Gasteiger partial charge is 0.328 e. The van der Waals surface area contributed by atoms with Crippen LogP contribution in [-0.2, 0) is 19.1 Å². The minimum Gasteiger partial charge on any atom is -0.482 e. The van der Waals surface area contributed by atoms with Crippen molar-refractivity contribution in [3.05, 3.63) is 22.7 Å². The molecule has 9 heteroatoms. The van der Waals surface area contributed by atoms with Gasteiger partial charge in [-0.3, -0.25) is 14.5 Å². The van der Waals surface area contributed by atoms with Crippen molar-refractivity contribution < 1.29 is 29.0 Å². The lowest BCUT2D eigenvalue weighted by Crippen LogP contribution is -2.56. The molecule has 2 heterocycles. The quantitative estimate of drug-likeness (QED) is 0.795. The molecule has 1 N–H and O–H groups in total. The second-order valence-electron chi connectivity index (χ2n) is 5.40. The molecular formula is C15H15BrN2O6. The van der Waals surface area contributed by atoms with E-state index in [2.05, 4.69) is 15.9 Å². The summed E-state index contributed by atoms with van der Waals surface area (Å²) in [6.07, 6.45) is 0. The first-order chi connectivity index (χ1) is 11.5. The van der Waals surface area contributed by atoms with Crippen molar-refractivity contribution in [3.63, 3.8) is 0 Å². The van der Waals surface area contributed by atoms with E-state index in [1.165, 1.54) is 9.80 Å². The van der Waals surface area contributed by atoms with Crippen LogP contribution in [0.5, 0.6) is 5.75 Å². The summed E-state index contributed by atoms with van der Waals surface area (Å²) in [4.78, 5) is 38.6. The second kappa shape index (κ2) is 6.78. The predicted octanol–water partition coefficient (Wildman–Crippen LogP) is 0.487. The van der Waals surface area contributed by atoms with E-state index >= 15 is 0 Å². The Morgan fingerprint density at radius 1 is 1.38 bits per heavy atom. The van der Waals surface area contributed by atoms with Gasteiger partial charge in [-0.25, -0.2) is 4.79 Å². The number of carboxylic acid groups (broad SMARTS) is 1. The maximum atomic E-state index is 12.6. The number of carbonyl (C=O) groups is 3. The number of morpholine rings is 1. The summed E-state index contributed by atoms with van der Waals surface area (Å²) in [7, 11) is 0. The largest absolute Gasteiger partial charge is 0.482 e. The number of rotatable bonds is 3. The molecule has 1 saturated heterocycles. The monoisotopic (exact) mass is 398 g/mol. The number of nitrogens with zero attached hydrogens (tertiary/aromatic N) is 2. The minimum atomic E-state index is -1.12. The highest BCUT2D eigenvalue weighted by molar-refractivity contribution is 9.10. The average molecular weight is 399 g/mol. The van der Waals surface area contributed by atoms with Crippen molar-refractivity contribution in [1.29, 1.82) is 0 Å². The first-order valence-electron chi connectivity index (χ1n) is 7.30. The highest BCUT2D eigenvalue weighted by Gasteiger charge is 2.35. The van der Waals surface area contributed by atoms with E-state index in [-0.39, 0.29) is 38.8 Å². The molecule has 0 aliphatic carbocycles. The number of amides is 2. The molecule has 2 amide bonds. The molecule has 1 aromatic rings. The number of hydrogen-bond donors (Lipinski definition) is 1. The van der Waals surface area contributed by atoms with Crippen molar-refractivity contribution in [2.24, 2.45) is 0 Å². The van der Waals surface area contributed by atoms with Crippen molar-refractivity contribution >= 4 is 39.4 Å². The third kappa shape index (κ3) is 3.22. The molecule has 8 nitrogen and oxygen atoms in total. The first-order valence-corrected chi connectivity index (χ1v) is 8.09. The molecule has 2 aliphatic rings. The van der Waals surface area contributed by atoms with Gasteiger partial charge < -0.3 is 19.5 Å². The number of anilines is 1. The molecule has 0 unspecified atom stereocenters. The molecule has 0 bridgehead atoms. The van der Waals surface area contributed by atoms with E-state index in [0.29, 0.717) is 11.4 Å². The molecule has 24 heavy (non-hydrogen) atoms. The first kappa shape index (κ1) is 16.7. The molecule has 3 rings (SSSR count). The van der Waals surface area contributed by atoms with Crippen LogP contribution < -0.4 is 9.64 Å². The van der Waals surface area contributed by atoms with Crippen LogP contribution >= 0.6 is 15.9 Å². The number of ether oxygens (including phenoxy) is 2. The molecular weight excluding hydrogens is 384 g/mol. The fraction of sp³-hybridized carbons (Fsp3) is 0.400. The summed E-state index contributed by atoms with van der Waals surface area (Å²) < 4.78 is 11.3. The molecule has 1 aromatic carbocycles. The number of fused-ring (bicyclic) bond motifs is 1. The maximum Gasteiger partial charge on any atom is 0.328 e. The van der Waals surface area contributed by atoms with Crippen LogP contribution in [0.3, 0.4) is 0 Å². The number of carboxylic acids is 1. The third-order valence-corrected chi connectivity index (χ3v) is 4.39. The molecule has 0 radical (unpaired) electrons. The van der Waals surface area contributed by atoms with E-state index in [4.69, 9.17) is 9.47 Å². The Kier molecular flexibility index (Phi) is 4.72. The third-order valence-electron chi connectivity index (χ3n) is 3.89. The van der Waals surface area contributed by atoms with Gasteiger partial charge in [0.15, 0.2) is 12.6 Å². The van der Waals surface area contributed by atoms with Gasteiger partial charge in [0.25, 0.3) is 5.91 Å². The SMILES string of the molecule is O=C(O)[C@H]1COCCN1C(=O)CN1C(=O)COc2cc(Br)ccc21. The van der Waals surface area contributed by atoms with Gasteiger partial charge in [-0.15, -0.1) is 0 Å². The van der Waals surface area contributed by atoms with E-state index in [0.717, 1.165) is 4.47 Å². The van der Waals surface area contributed by atoms with Gasteiger partial charge in [-0.05, 0) is 18.2 Å². The van der Waals surface area contributed by atoms with Crippen LogP contribution in [0.25, 0.3) is 0 Å². The topological polar surface area (TPSA) is 96.4 Å². The summed E-state index contributed by atoms with van der Waals surface area (Å²) in [6.45, 7) is 0.00209. The Labute approximate surface area is 146 Å². The Balaban J connectivity index is 1.81. The van der Waals surface area contributed by atoms with Gasteiger partial charge >= 0.3 is 5.97 Å². The fourth-order valence-electron chi connectivity index (χ4n) is 2.68. The Morgan fingerprint density at radius 3 is 2.92 bits per heavy atom. The van der Waals surface area contributed by atoms with Crippen LogP contribution in [0.1, 0.15) is 0 Å². The Bertz CT molecular complexity index is 695. The zero-order valence-corrected chi connectivity index (χ0v) is 14.2. The van der Waals surface area contributed by atoms with Gasteiger partial charge in [0, 0.05) is 11.0 Å². The van der Waals surface area contributed by atoms with Crippen molar-refractivity contribution in [2.45, 2.75) is 6.04 Å². The highest BCUT2D eigenvalue weighted by atomic mass is 79.9. The normalized spacial score (nSPS) is 20.4. The number of benzene rings is 1. The van der Waals surface area contributed by atoms with E-state index in [1.54, 1.807) is 18.2 Å². The van der Waals surface area contributed by atoms with E-state index in [1.807, 2.05) is 0 Å². The number of hydrogen-bond acceptors (Lipinski definition) is 5. The van der Waals surface area contributed by atoms with Crippen molar-refractivity contribution in [1.82, 2.24) is 4.90 Å². The van der Waals surface area contributed by atoms with Crippen molar-refractivity contribution in [3.8, 4) is 5.75 Å². The highest BCUT2D eigenvalue weighted by Crippen LogP contribution is 2.34. The van der Waals surface area contributed by atoms with Crippen molar-refractivity contribution in [2.75, 3.05) is 37.8 Å². The van der Waals surface area contributed by atoms with Crippen LogP contribution in [0, 0.1) is 0 Å². The zero-order valence-electron chi connectivity index (χ0n) is 12.6. The van der Waals surface area contributed by atoms with Crippen LogP contribution in [0.4, 0.5) is 5.69 Å². The molecule has 2 aliphatic heterocycles. The molecule has 1 fully saturated rings. The van der Waals surface area contributed by atoms with Gasteiger partial charge in [0.2, 0.25) is 5.91 Å². The number of halogens is 1. The number of carbonyl (C=O) groups excluding carboxylic acids is 2. The lowest BCUT2D eigenvalue weighted by atomic mass is 10.2. The predicted molar refractivity (Wildman–Crippen MR) is 85.9 cm³/mol. The summed E-state index contributed by atoms with van der Waals surface area (Å²) in [5.41, 5.74) is 0.489.